The molecule has 20 heavy (non-hydrogen) atoms. The van der Waals surface area contributed by atoms with Gasteiger partial charge in [0, 0.05) is 0 Å². The average Bonchev–Trinajstić information content (AvgIpc) is 2.39. The molecule has 0 N–H and O–H groups in total. The average molecular weight is 276 g/mol. The van der Waals surface area contributed by atoms with Crippen LogP contribution < -0.4 is 0 Å². The van der Waals surface area contributed by atoms with Crippen molar-refractivity contribution in [3.05, 3.63) is 70.5 Å². The molecule has 0 fully saturated rings. The maximum absolute atomic E-state index is 13.5. The van der Waals surface area contributed by atoms with Gasteiger partial charge in [0.05, 0.1) is 18.0 Å². The molecule has 0 aliphatic heterocycles. The van der Waals surface area contributed by atoms with Gasteiger partial charge < -0.3 is 0 Å². The maximum atomic E-state index is 13.5. The van der Waals surface area contributed by atoms with Gasteiger partial charge in [-0.25, -0.2) is 13.2 Å². The van der Waals surface area contributed by atoms with E-state index in [1.165, 1.54) is 42.6 Å². The Morgan fingerprint density at radius 1 is 0.850 bits per heavy atom. The second kappa shape index (κ2) is 6.14. The second-order valence-corrected chi connectivity index (χ2v) is 4.18. The molecule has 0 saturated heterocycles. The standard InChI is InChI=1S/C15H11F3N2/c1-10-6-14(17)13(15(18)7-10)9-20-19-8-11-2-4-12(16)5-3-11/h2-9H,1H3. The molecule has 0 unspecified atom stereocenters. The van der Waals surface area contributed by atoms with Gasteiger partial charge in [-0.15, -0.1) is 0 Å². The molecule has 0 amide bonds. The van der Waals surface area contributed by atoms with E-state index >= 15 is 0 Å². The molecule has 0 atom stereocenters. The van der Waals surface area contributed by atoms with Crippen LogP contribution in [0.1, 0.15) is 16.7 Å². The molecule has 2 aromatic carbocycles. The van der Waals surface area contributed by atoms with Crippen LogP contribution in [0.5, 0.6) is 0 Å². The van der Waals surface area contributed by atoms with E-state index in [-0.39, 0.29) is 11.4 Å². The molecule has 102 valence electrons. The second-order valence-electron chi connectivity index (χ2n) is 4.18. The Morgan fingerprint density at radius 3 is 2.00 bits per heavy atom. The van der Waals surface area contributed by atoms with Crippen molar-refractivity contribution in [2.24, 2.45) is 10.2 Å². The first-order chi connectivity index (χ1) is 9.56. The van der Waals surface area contributed by atoms with E-state index in [4.69, 9.17) is 0 Å². The molecular weight excluding hydrogens is 265 g/mol. The highest BCUT2D eigenvalue weighted by atomic mass is 19.1. The van der Waals surface area contributed by atoms with Crippen LogP contribution in [-0.4, -0.2) is 12.4 Å². The molecule has 5 heteroatoms. The fourth-order valence-corrected chi connectivity index (χ4v) is 1.57. The third kappa shape index (κ3) is 3.54. The van der Waals surface area contributed by atoms with E-state index in [1.54, 1.807) is 6.92 Å². The number of hydrogen-bond donors (Lipinski definition) is 0. The Kier molecular flexibility index (Phi) is 4.30. The number of hydrogen-bond acceptors (Lipinski definition) is 2. The smallest absolute Gasteiger partial charge is 0.135 e. The summed E-state index contributed by atoms with van der Waals surface area (Å²) in [5, 5.41) is 7.24. The van der Waals surface area contributed by atoms with Gasteiger partial charge in [0.1, 0.15) is 17.5 Å². The minimum Gasteiger partial charge on any atom is -0.207 e. The Morgan fingerprint density at radius 2 is 1.40 bits per heavy atom. The summed E-state index contributed by atoms with van der Waals surface area (Å²) >= 11 is 0. The van der Waals surface area contributed by atoms with Gasteiger partial charge in [0.2, 0.25) is 0 Å². The van der Waals surface area contributed by atoms with E-state index in [0.29, 0.717) is 11.1 Å². The molecule has 0 bridgehead atoms. The molecule has 0 saturated carbocycles. The predicted octanol–water partition coefficient (Wildman–Crippen LogP) is 3.87. The normalized spacial score (nSPS) is 11.6. The van der Waals surface area contributed by atoms with Crippen LogP contribution in [0.3, 0.4) is 0 Å². The van der Waals surface area contributed by atoms with Crippen LogP contribution in [0, 0.1) is 24.4 Å². The van der Waals surface area contributed by atoms with E-state index in [0.717, 1.165) is 6.21 Å². The quantitative estimate of drug-likeness (QED) is 0.600. The summed E-state index contributed by atoms with van der Waals surface area (Å²) in [5.41, 5.74) is 0.882. The van der Waals surface area contributed by atoms with Gasteiger partial charge >= 0.3 is 0 Å². The molecule has 0 aliphatic rings. The first kappa shape index (κ1) is 14.0. The number of nitrogens with zero attached hydrogens (tertiary/aromatic N) is 2. The van der Waals surface area contributed by atoms with Crippen molar-refractivity contribution in [1.82, 2.24) is 0 Å². The monoisotopic (exact) mass is 276 g/mol. The lowest BCUT2D eigenvalue weighted by molar-refractivity contribution is 0.578. The van der Waals surface area contributed by atoms with Gasteiger partial charge in [0.15, 0.2) is 0 Å². The van der Waals surface area contributed by atoms with Crippen LogP contribution in [-0.2, 0) is 0 Å². The van der Waals surface area contributed by atoms with Gasteiger partial charge in [-0.2, -0.15) is 10.2 Å². The summed E-state index contributed by atoms with van der Waals surface area (Å²) in [5.74, 6) is -1.74. The minimum absolute atomic E-state index is 0.244. The third-order valence-corrected chi connectivity index (χ3v) is 2.55. The third-order valence-electron chi connectivity index (χ3n) is 2.55. The lowest BCUT2D eigenvalue weighted by Crippen LogP contribution is -1.95. The van der Waals surface area contributed by atoms with E-state index in [9.17, 15) is 13.2 Å². The molecule has 0 spiro atoms. The number of rotatable bonds is 3. The molecule has 0 heterocycles. The summed E-state index contributed by atoms with van der Waals surface area (Å²) in [4.78, 5) is 0. The Bertz CT molecular complexity index is 638. The molecule has 0 aliphatic carbocycles. The zero-order valence-electron chi connectivity index (χ0n) is 10.6. The summed E-state index contributed by atoms with van der Waals surface area (Å²) in [7, 11) is 0. The summed E-state index contributed by atoms with van der Waals surface area (Å²) in [6.07, 6.45) is 2.37. The summed E-state index contributed by atoms with van der Waals surface area (Å²) < 4.78 is 39.6. The van der Waals surface area contributed by atoms with E-state index < -0.39 is 11.6 Å². The highest BCUT2D eigenvalue weighted by molar-refractivity contribution is 5.83. The molecule has 2 rings (SSSR count). The maximum Gasteiger partial charge on any atom is 0.135 e. The first-order valence-electron chi connectivity index (χ1n) is 5.84. The lowest BCUT2D eigenvalue weighted by atomic mass is 10.1. The summed E-state index contributed by atoms with van der Waals surface area (Å²) in [6, 6.07) is 8.03. The van der Waals surface area contributed by atoms with Crippen molar-refractivity contribution in [2.75, 3.05) is 0 Å². The van der Waals surface area contributed by atoms with Crippen LogP contribution in [0.25, 0.3) is 0 Å². The minimum atomic E-state index is -0.691. The number of halogens is 3. The van der Waals surface area contributed by atoms with Crippen LogP contribution in [0.4, 0.5) is 13.2 Å². The van der Waals surface area contributed by atoms with Crippen LogP contribution >= 0.6 is 0 Å². The first-order valence-corrected chi connectivity index (χ1v) is 5.84. The van der Waals surface area contributed by atoms with Crippen LogP contribution in [0.2, 0.25) is 0 Å². The highest BCUT2D eigenvalue weighted by Crippen LogP contribution is 2.13. The SMILES string of the molecule is Cc1cc(F)c(C=NN=Cc2ccc(F)cc2)c(F)c1. The summed E-state index contributed by atoms with van der Waals surface area (Å²) in [6.45, 7) is 1.60. The molecule has 0 aromatic heterocycles. The van der Waals surface area contributed by atoms with E-state index in [2.05, 4.69) is 10.2 Å². The van der Waals surface area contributed by atoms with E-state index in [1.807, 2.05) is 0 Å². The fraction of sp³-hybridized carbons (Fsp3) is 0.0667. The van der Waals surface area contributed by atoms with Crippen molar-refractivity contribution >= 4 is 12.4 Å². The molecule has 0 radical (unpaired) electrons. The largest absolute Gasteiger partial charge is 0.207 e. The zero-order valence-corrected chi connectivity index (χ0v) is 10.6. The topological polar surface area (TPSA) is 24.7 Å². The highest BCUT2D eigenvalue weighted by Gasteiger charge is 2.07. The number of aryl methyl sites for hydroxylation is 1. The molecule has 2 nitrogen and oxygen atoms in total. The Hall–Kier alpha value is -2.43. The van der Waals surface area contributed by atoms with Crippen molar-refractivity contribution < 1.29 is 13.2 Å². The predicted molar refractivity (Wildman–Crippen MR) is 72.7 cm³/mol. The van der Waals surface area contributed by atoms with Crippen molar-refractivity contribution in [3.8, 4) is 0 Å². The Balaban J connectivity index is 2.12. The molecule has 2 aromatic rings. The lowest BCUT2D eigenvalue weighted by Gasteiger charge is -1.99. The van der Waals surface area contributed by atoms with Gasteiger partial charge in [-0.05, 0) is 42.3 Å². The van der Waals surface area contributed by atoms with Gasteiger partial charge in [0.25, 0.3) is 0 Å². The zero-order chi connectivity index (χ0) is 14.5. The molecular formula is C15H11F3N2. The number of benzene rings is 2. The van der Waals surface area contributed by atoms with Crippen molar-refractivity contribution in [1.29, 1.82) is 0 Å². The van der Waals surface area contributed by atoms with Crippen molar-refractivity contribution in [2.45, 2.75) is 6.92 Å². The van der Waals surface area contributed by atoms with Gasteiger partial charge in [-0.3, -0.25) is 0 Å². The fourth-order valence-electron chi connectivity index (χ4n) is 1.57. The Labute approximate surface area is 114 Å². The van der Waals surface area contributed by atoms with Gasteiger partial charge in [-0.1, -0.05) is 12.1 Å². The van der Waals surface area contributed by atoms with Crippen LogP contribution in [0.15, 0.2) is 46.6 Å². The van der Waals surface area contributed by atoms with Crippen molar-refractivity contribution in [3.63, 3.8) is 0 Å².